The summed E-state index contributed by atoms with van der Waals surface area (Å²) in [6, 6.07) is 3.62. The number of allylic oxidation sites excluding steroid dienone is 1. The van der Waals surface area contributed by atoms with Crippen molar-refractivity contribution in [3.8, 4) is 5.88 Å². The van der Waals surface area contributed by atoms with Crippen molar-refractivity contribution < 1.29 is 22.6 Å². The van der Waals surface area contributed by atoms with E-state index >= 15 is 0 Å². The molecule has 2 aliphatic carbocycles. The zero-order valence-electron chi connectivity index (χ0n) is 22.3. The highest BCUT2D eigenvalue weighted by atomic mass is 19.4. The van der Waals surface area contributed by atoms with Crippen LogP contribution >= 0.6 is 0 Å². The van der Waals surface area contributed by atoms with E-state index in [-0.39, 0.29) is 41.4 Å². The molecule has 0 bridgehead atoms. The van der Waals surface area contributed by atoms with Crippen molar-refractivity contribution in [2.24, 2.45) is 0 Å². The Kier molecular flexibility index (Phi) is 7.31. The quantitative estimate of drug-likeness (QED) is 0.379. The average molecular weight is 542 g/mol. The van der Waals surface area contributed by atoms with Gasteiger partial charge < -0.3 is 14.0 Å². The lowest BCUT2D eigenvalue weighted by molar-refractivity contribution is -0.0934. The number of rotatable bonds is 5. The molecule has 0 unspecified atom stereocenters. The summed E-state index contributed by atoms with van der Waals surface area (Å²) < 4.78 is 52.5. The molecule has 11 heteroatoms. The SMILES string of the molecule is CC.COc1nc2c(C3=C=C(C(F)(F)F)C3)nc([C@H]3CCO[C@@H](c4ccc(=O)n(C5CC5)c4)C3)nc2nc1C. The first-order valence-corrected chi connectivity index (χ1v) is 13.2. The van der Waals surface area contributed by atoms with Crippen molar-refractivity contribution in [1.82, 2.24) is 24.5 Å². The maximum Gasteiger partial charge on any atom is 0.420 e. The van der Waals surface area contributed by atoms with Crippen LogP contribution in [0.4, 0.5) is 13.2 Å². The van der Waals surface area contributed by atoms with E-state index in [2.05, 4.69) is 20.7 Å². The van der Waals surface area contributed by atoms with Crippen LogP contribution in [0.15, 0.2) is 34.4 Å². The Labute approximate surface area is 223 Å². The third-order valence-corrected chi connectivity index (χ3v) is 7.08. The van der Waals surface area contributed by atoms with E-state index in [9.17, 15) is 18.0 Å². The molecule has 6 rings (SSSR count). The summed E-state index contributed by atoms with van der Waals surface area (Å²) >= 11 is 0. The van der Waals surface area contributed by atoms with Crippen molar-refractivity contribution >= 4 is 16.7 Å². The minimum atomic E-state index is -4.43. The second kappa shape index (κ2) is 10.5. The summed E-state index contributed by atoms with van der Waals surface area (Å²) in [5.74, 6) is 0.640. The van der Waals surface area contributed by atoms with Gasteiger partial charge in [-0.05, 0) is 44.2 Å². The Bertz CT molecular complexity index is 1540. The van der Waals surface area contributed by atoms with Crippen molar-refractivity contribution in [1.29, 1.82) is 0 Å². The minimum Gasteiger partial charge on any atom is -0.480 e. The topological polar surface area (TPSA) is 92.0 Å². The summed E-state index contributed by atoms with van der Waals surface area (Å²) in [6.07, 6.45) is 0.104. The van der Waals surface area contributed by atoms with Gasteiger partial charge in [0.1, 0.15) is 22.7 Å². The summed E-state index contributed by atoms with van der Waals surface area (Å²) in [5, 5.41) is 0. The molecule has 0 amide bonds. The largest absolute Gasteiger partial charge is 0.480 e. The van der Waals surface area contributed by atoms with Gasteiger partial charge in [-0.1, -0.05) is 13.8 Å². The van der Waals surface area contributed by atoms with Gasteiger partial charge >= 0.3 is 6.18 Å². The van der Waals surface area contributed by atoms with Gasteiger partial charge in [0.25, 0.3) is 5.56 Å². The highest BCUT2D eigenvalue weighted by Gasteiger charge is 2.39. The van der Waals surface area contributed by atoms with Gasteiger partial charge in [-0.3, -0.25) is 4.79 Å². The fourth-order valence-electron chi connectivity index (χ4n) is 4.88. The number of nitrogens with zero attached hydrogens (tertiary/aromatic N) is 5. The lowest BCUT2D eigenvalue weighted by Gasteiger charge is -2.29. The van der Waals surface area contributed by atoms with E-state index in [1.807, 2.05) is 20.0 Å². The number of hydrogen-bond acceptors (Lipinski definition) is 7. The van der Waals surface area contributed by atoms with Crippen LogP contribution in [0.2, 0.25) is 0 Å². The number of methoxy groups -OCH3 is 1. The highest BCUT2D eigenvalue weighted by molar-refractivity contribution is 5.87. The van der Waals surface area contributed by atoms with Crippen LogP contribution in [0.25, 0.3) is 16.7 Å². The number of halogens is 3. The van der Waals surface area contributed by atoms with Crippen molar-refractivity contribution in [3.63, 3.8) is 0 Å². The van der Waals surface area contributed by atoms with Crippen LogP contribution in [0.1, 0.15) is 86.8 Å². The molecule has 1 saturated carbocycles. The van der Waals surface area contributed by atoms with Crippen molar-refractivity contribution in [3.05, 3.63) is 62.8 Å². The Morgan fingerprint density at radius 1 is 1.10 bits per heavy atom. The Morgan fingerprint density at radius 3 is 2.51 bits per heavy atom. The Hall–Kier alpha value is -3.56. The summed E-state index contributed by atoms with van der Waals surface area (Å²) in [4.78, 5) is 30.6. The average Bonchev–Trinajstić information content (AvgIpc) is 3.73. The van der Waals surface area contributed by atoms with Crippen LogP contribution in [-0.2, 0) is 4.74 Å². The maximum atomic E-state index is 13.1. The number of aromatic nitrogens is 5. The van der Waals surface area contributed by atoms with Gasteiger partial charge in [0.05, 0.1) is 18.8 Å². The summed E-state index contributed by atoms with van der Waals surface area (Å²) in [7, 11) is 1.45. The molecular weight excluding hydrogens is 511 g/mol. The first-order valence-electron chi connectivity index (χ1n) is 13.2. The lowest BCUT2D eigenvalue weighted by atomic mass is 9.90. The Morgan fingerprint density at radius 2 is 1.85 bits per heavy atom. The minimum absolute atomic E-state index is 0.0226. The molecule has 2 fully saturated rings. The number of aryl methyl sites for hydroxylation is 1. The highest BCUT2D eigenvalue weighted by Crippen LogP contribution is 2.42. The molecule has 3 aromatic heterocycles. The molecule has 0 aromatic carbocycles. The van der Waals surface area contributed by atoms with E-state index in [4.69, 9.17) is 14.5 Å². The predicted molar refractivity (Wildman–Crippen MR) is 139 cm³/mol. The lowest BCUT2D eigenvalue weighted by Crippen LogP contribution is -2.24. The molecule has 0 N–H and O–H groups in total. The molecule has 39 heavy (non-hydrogen) atoms. The molecule has 3 aromatic rings. The molecule has 0 spiro atoms. The third-order valence-electron chi connectivity index (χ3n) is 7.08. The molecular formula is C28H30F3N5O3. The fraction of sp³-hybridized carbons (Fsp3) is 0.500. The van der Waals surface area contributed by atoms with Gasteiger partial charge in [0, 0.05) is 42.8 Å². The van der Waals surface area contributed by atoms with Gasteiger partial charge in [-0.25, -0.2) is 19.9 Å². The molecule has 8 nitrogen and oxygen atoms in total. The Balaban J connectivity index is 0.00000151. The van der Waals surface area contributed by atoms with Crippen LogP contribution in [-0.4, -0.2) is 44.4 Å². The third kappa shape index (κ3) is 5.33. The van der Waals surface area contributed by atoms with Gasteiger partial charge in [-0.2, -0.15) is 13.2 Å². The zero-order valence-corrected chi connectivity index (χ0v) is 22.3. The predicted octanol–water partition coefficient (Wildman–Crippen LogP) is 5.77. The normalized spacial score (nSPS) is 20.9. The van der Waals surface area contributed by atoms with Crippen LogP contribution in [0, 0.1) is 6.92 Å². The van der Waals surface area contributed by atoms with E-state index in [0.29, 0.717) is 47.9 Å². The fourth-order valence-corrected chi connectivity index (χ4v) is 4.88. The van der Waals surface area contributed by atoms with Crippen LogP contribution in [0.5, 0.6) is 5.88 Å². The van der Waals surface area contributed by atoms with E-state index in [0.717, 1.165) is 18.4 Å². The summed E-state index contributed by atoms with van der Waals surface area (Å²) in [6.45, 7) is 6.19. The van der Waals surface area contributed by atoms with Crippen molar-refractivity contribution in [2.75, 3.05) is 13.7 Å². The molecule has 2 atom stereocenters. The smallest absolute Gasteiger partial charge is 0.420 e. The first-order chi connectivity index (χ1) is 18.7. The second-order valence-electron chi connectivity index (χ2n) is 9.70. The van der Waals surface area contributed by atoms with Gasteiger partial charge in [-0.15, -0.1) is 5.73 Å². The maximum absolute atomic E-state index is 13.1. The van der Waals surface area contributed by atoms with Crippen molar-refractivity contribution in [2.45, 2.75) is 77.1 Å². The van der Waals surface area contributed by atoms with E-state index in [1.165, 1.54) is 7.11 Å². The number of ether oxygens (including phenoxy) is 2. The zero-order chi connectivity index (χ0) is 27.9. The molecule has 206 valence electrons. The second-order valence-corrected chi connectivity index (χ2v) is 9.70. The first kappa shape index (κ1) is 27.0. The molecule has 3 aliphatic rings. The molecule has 1 aliphatic heterocycles. The monoisotopic (exact) mass is 541 g/mol. The van der Waals surface area contributed by atoms with E-state index < -0.39 is 11.7 Å². The molecule has 1 saturated heterocycles. The number of alkyl halides is 3. The number of pyridine rings is 1. The molecule has 4 heterocycles. The molecule has 0 radical (unpaired) electrons. The number of hydrogen-bond donors (Lipinski definition) is 0. The number of fused-ring (bicyclic) bond motifs is 1. The van der Waals surface area contributed by atoms with Gasteiger partial charge in [0.2, 0.25) is 5.88 Å². The van der Waals surface area contributed by atoms with Gasteiger partial charge in [0.15, 0.2) is 5.65 Å². The van der Waals surface area contributed by atoms with Crippen LogP contribution < -0.4 is 10.3 Å². The summed E-state index contributed by atoms with van der Waals surface area (Å²) in [5.41, 5.74) is 4.32. The standard InChI is InChI=1S/C26H24F3N5O3.C2H6/c1-13-25(36-2)32-22-21(16-9-17(10-16)26(27,28)29)31-23(33-24(22)30-13)14-7-8-37-19(11-14)15-3-6-20(35)34(12-15)18-4-5-18;1-2/h3,6,12,14,18-19H,4-5,7-9,11H2,1-2H3;1-2H3/t14-,19+;/m0./s1. The van der Waals surface area contributed by atoms with E-state index in [1.54, 1.807) is 23.6 Å². The van der Waals surface area contributed by atoms with Crippen LogP contribution in [0.3, 0.4) is 0 Å².